The van der Waals surface area contributed by atoms with E-state index in [1.807, 2.05) is 25.1 Å². The Bertz CT molecular complexity index is 457. The van der Waals surface area contributed by atoms with Crippen molar-refractivity contribution in [2.24, 2.45) is 0 Å². The van der Waals surface area contributed by atoms with Gasteiger partial charge in [-0.25, -0.2) is 4.79 Å². The molecule has 1 aliphatic rings. The zero-order valence-corrected chi connectivity index (χ0v) is 12.8. The van der Waals surface area contributed by atoms with Gasteiger partial charge in [0.25, 0.3) is 0 Å². The topological polar surface area (TPSA) is 50.8 Å². The van der Waals surface area contributed by atoms with Crippen molar-refractivity contribution in [1.29, 1.82) is 0 Å². The van der Waals surface area contributed by atoms with Crippen molar-refractivity contribution in [3.05, 3.63) is 29.8 Å². The van der Waals surface area contributed by atoms with Crippen LogP contribution < -0.4 is 10.1 Å². The van der Waals surface area contributed by atoms with Crippen LogP contribution in [0.2, 0.25) is 0 Å². The van der Waals surface area contributed by atoms with E-state index in [-0.39, 0.29) is 6.09 Å². The van der Waals surface area contributed by atoms with Gasteiger partial charge in [-0.05, 0) is 37.5 Å². The maximum absolute atomic E-state index is 11.6. The zero-order chi connectivity index (χ0) is 15.1. The Labute approximate surface area is 126 Å². The lowest BCUT2D eigenvalue weighted by Crippen LogP contribution is -2.44. The minimum Gasteiger partial charge on any atom is -0.497 e. The van der Waals surface area contributed by atoms with Crippen LogP contribution in [-0.4, -0.2) is 43.8 Å². The first kappa shape index (κ1) is 15.6. The molecule has 1 aromatic rings. The van der Waals surface area contributed by atoms with Crippen LogP contribution >= 0.6 is 0 Å². The van der Waals surface area contributed by atoms with E-state index >= 15 is 0 Å². The van der Waals surface area contributed by atoms with Crippen molar-refractivity contribution in [3.8, 4) is 5.75 Å². The lowest BCUT2D eigenvalue weighted by Gasteiger charge is -2.31. The first-order chi connectivity index (χ1) is 10.2. The van der Waals surface area contributed by atoms with Gasteiger partial charge >= 0.3 is 6.09 Å². The fourth-order valence-electron chi connectivity index (χ4n) is 2.53. The second-order valence-corrected chi connectivity index (χ2v) is 5.19. The van der Waals surface area contributed by atoms with Crippen LogP contribution in [-0.2, 0) is 11.3 Å². The molecule has 5 heteroatoms. The third-order valence-electron chi connectivity index (χ3n) is 3.75. The number of amides is 1. The molecule has 1 N–H and O–H groups in total. The molecular weight excluding hydrogens is 268 g/mol. The van der Waals surface area contributed by atoms with E-state index < -0.39 is 0 Å². The van der Waals surface area contributed by atoms with E-state index in [1.54, 1.807) is 12.0 Å². The minimum absolute atomic E-state index is 0.191. The average Bonchev–Trinajstić information content (AvgIpc) is 2.54. The molecule has 1 fully saturated rings. The van der Waals surface area contributed by atoms with Gasteiger partial charge in [0.15, 0.2) is 0 Å². The molecule has 0 spiro atoms. The molecule has 1 amide bonds. The number of likely N-dealkylation sites (tertiary alicyclic amines) is 1. The maximum Gasteiger partial charge on any atom is 0.409 e. The van der Waals surface area contributed by atoms with Gasteiger partial charge in [-0.1, -0.05) is 12.1 Å². The van der Waals surface area contributed by atoms with Gasteiger partial charge in [0, 0.05) is 25.7 Å². The molecule has 1 saturated heterocycles. The van der Waals surface area contributed by atoms with Crippen molar-refractivity contribution < 1.29 is 14.3 Å². The van der Waals surface area contributed by atoms with Crippen LogP contribution in [0.25, 0.3) is 0 Å². The SMILES string of the molecule is CCOC(=O)N1CCC(NCc2cccc(OC)c2)CC1. The molecule has 2 rings (SSSR count). The summed E-state index contributed by atoms with van der Waals surface area (Å²) in [7, 11) is 1.68. The monoisotopic (exact) mass is 292 g/mol. The first-order valence-electron chi connectivity index (χ1n) is 7.51. The predicted octanol–water partition coefficient (Wildman–Crippen LogP) is 2.41. The molecule has 0 saturated carbocycles. The summed E-state index contributed by atoms with van der Waals surface area (Å²) in [6, 6.07) is 8.52. The summed E-state index contributed by atoms with van der Waals surface area (Å²) in [4.78, 5) is 13.4. The third-order valence-corrected chi connectivity index (χ3v) is 3.75. The molecule has 116 valence electrons. The number of methoxy groups -OCH3 is 1. The largest absolute Gasteiger partial charge is 0.497 e. The smallest absolute Gasteiger partial charge is 0.409 e. The molecular formula is C16H24N2O3. The standard InChI is InChI=1S/C16H24N2O3/c1-3-21-16(19)18-9-7-14(8-10-18)17-12-13-5-4-6-15(11-13)20-2/h4-6,11,14,17H,3,7-10,12H2,1-2H3. The highest BCUT2D eigenvalue weighted by molar-refractivity contribution is 5.67. The first-order valence-corrected chi connectivity index (χ1v) is 7.51. The fraction of sp³-hybridized carbons (Fsp3) is 0.562. The van der Waals surface area contributed by atoms with Gasteiger partial charge in [0.05, 0.1) is 13.7 Å². The van der Waals surface area contributed by atoms with Gasteiger partial charge in [0.2, 0.25) is 0 Å². The number of nitrogens with one attached hydrogen (secondary N) is 1. The predicted molar refractivity (Wildman–Crippen MR) is 81.5 cm³/mol. The summed E-state index contributed by atoms with van der Waals surface area (Å²) in [5, 5.41) is 3.55. The van der Waals surface area contributed by atoms with Crippen LogP contribution in [0.4, 0.5) is 4.79 Å². The van der Waals surface area contributed by atoms with E-state index in [0.29, 0.717) is 12.6 Å². The maximum atomic E-state index is 11.6. The molecule has 1 aliphatic heterocycles. The van der Waals surface area contributed by atoms with E-state index in [4.69, 9.17) is 9.47 Å². The summed E-state index contributed by atoms with van der Waals surface area (Å²) < 4.78 is 10.2. The summed E-state index contributed by atoms with van der Waals surface area (Å²) in [5.41, 5.74) is 1.21. The number of hydrogen-bond donors (Lipinski definition) is 1. The number of piperidine rings is 1. The lowest BCUT2D eigenvalue weighted by molar-refractivity contribution is 0.0950. The Morgan fingerprint density at radius 1 is 1.38 bits per heavy atom. The van der Waals surface area contributed by atoms with Crippen molar-refractivity contribution in [2.45, 2.75) is 32.4 Å². The Balaban J connectivity index is 1.74. The number of ether oxygens (including phenoxy) is 2. The number of carbonyl (C=O) groups excluding carboxylic acids is 1. The Kier molecular flexibility index (Phi) is 5.87. The van der Waals surface area contributed by atoms with Gasteiger partial charge in [-0.15, -0.1) is 0 Å². The van der Waals surface area contributed by atoms with E-state index in [2.05, 4.69) is 11.4 Å². The van der Waals surface area contributed by atoms with Crippen LogP contribution in [0.3, 0.4) is 0 Å². The number of rotatable bonds is 5. The molecule has 21 heavy (non-hydrogen) atoms. The van der Waals surface area contributed by atoms with Crippen LogP contribution in [0.15, 0.2) is 24.3 Å². The second-order valence-electron chi connectivity index (χ2n) is 5.19. The quantitative estimate of drug-likeness (QED) is 0.905. The van der Waals surface area contributed by atoms with Crippen molar-refractivity contribution in [1.82, 2.24) is 10.2 Å². The summed E-state index contributed by atoms with van der Waals surface area (Å²) in [6.45, 7) is 4.61. The molecule has 0 atom stereocenters. The van der Waals surface area contributed by atoms with Crippen molar-refractivity contribution >= 4 is 6.09 Å². The number of benzene rings is 1. The molecule has 1 aromatic carbocycles. The third kappa shape index (κ3) is 4.63. The highest BCUT2D eigenvalue weighted by Gasteiger charge is 2.23. The zero-order valence-electron chi connectivity index (χ0n) is 12.8. The molecule has 0 bridgehead atoms. The highest BCUT2D eigenvalue weighted by Crippen LogP contribution is 2.15. The Morgan fingerprint density at radius 2 is 2.14 bits per heavy atom. The Morgan fingerprint density at radius 3 is 2.81 bits per heavy atom. The second kappa shape index (κ2) is 7.88. The van der Waals surface area contributed by atoms with E-state index in [1.165, 1.54) is 5.56 Å². The fourth-order valence-corrected chi connectivity index (χ4v) is 2.53. The highest BCUT2D eigenvalue weighted by atomic mass is 16.6. The summed E-state index contributed by atoms with van der Waals surface area (Å²) in [5.74, 6) is 0.881. The molecule has 0 aromatic heterocycles. The van der Waals surface area contributed by atoms with E-state index in [0.717, 1.165) is 38.2 Å². The van der Waals surface area contributed by atoms with Gasteiger partial charge in [-0.2, -0.15) is 0 Å². The number of hydrogen-bond acceptors (Lipinski definition) is 4. The van der Waals surface area contributed by atoms with Gasteiger partial charge < -0.3 is 19.7 Å². The molecule has 0 radical (unpaired) electrons. The summed E-state index contributed by atoms with van der Waals surface area (Å²) >= 11 is 0. The Hall–Kier alpha value is -1.75. The molecule has 0 unspecified atom stereocenters. The normalized spacial score (nSPS) is 15.8. The van der Waals surface area contributed by atoms with Crippen LogP contribution in [0.5, 0.6) is 5.75 Å². The lowest BCUT2D eigenvalue weighted by atomic mass is 10.0. The molecule has 1 heterocycles. The molecule has 5 nitrogen and oxygen atoms in total. The van der Waals surface area contributed by atoms with Crippen molar-refractivity contribution in [2.75, 3.05) is 26.8 Å². The van der Waals surface area contributed by atoms with Crippen molar-refractivity contribution in [3.63, 3.8) is 0 Å². The van der Waals surface area contributed by atoms with Crippen LogP contribution in [0, 0.1) is 0 Å². The van der Waals surface area contributed by atoms with Gasteiger partial charge in [-0.3, -0.25) is 0 Å². The number of carbonyl (C=O) groups is 1. The van der Waals surface area contributed by atoms with E-state index in [9.17, 15) is 4.79 Å². The number of nitrogens with zero attached hydrogens (tertiary/aromatic N) is 1. The minimum atomic E-state index is -0.191. The van der Waals surface area contributed by atoms with Gasteiger partial charge in [0.1, 0.15) is 5.75 Å². The molecule has 0 aliphatic carbocycles. The van der Waals surface area contributed by atoms with Crippen LogP contribution in [0.1, 0.15) is 25.3 Å². The average molecular weight is 292 g/mol. The summed E-state index contributed by atoms with van der Waals surface area (Å²) in [6.07, 6.45) is 1.73.